The molecule has 1 N–H and O–H groups in total. The van der Waals surface area contributed by atoms with Crippen LogP contribution in [0.1, 0.15) is 5.56 Å². The van der Waals surface area contributed by atoms with Crippen molar-refractivity contribution in [3.8, 4) is 5.75 Å². The van der Waals surface area contributed by atoms with E-state index in [-0.39, 0.29) is 0 Å². The van der Waals surface area contributed by atoms with Crippen LogP contribution in [0.4, 0.5) is 14.5 Å². The van der Waals surface area contributed by atoms with Crippen molar-refractivity contribution < 1.29 is 18.3 Å². The first-order valence-corrected chi connectivity index (χ1v) is 7.38. The van der Waals surface area contributed by atoms with Crippen LogP contribution in [0, 0.1) is 18.6 Å². The lowest BCUT2D eigenvalue weighted by molar-refractivity contribution is -0.118. The van der Waals surface area contributed by atoms with Gasteiger partial charge in [0.15, 0.2) is 6.61 Å². The van der Waals surface area contributed by atoms with E-state index in [1.54, 1.807) is 19.1 Å². The first kappa shape index (κ1) is 16.7. The monoisotopic (exact) mass is 389 g/mol. The number of aryl methyl sites for hydroxylation is 1. The van der Waals surface area contributed by atoms with Crippen LogP contribution in [0.3, 0.4) is 0 Å². The molecule has 0 radical (unpaired) electrons. The molecule has 22 heavy (non-hydrogen) atoms. The van der Waals surface area contributed by atoms with E-state index in [1.165, 1.54) is 6.07 Å². The Morgan fingerprint density at radius 2 is 1.95 bits per heavy atom. The minimum absolute atomic E-state index is 0.330. The van der Waals surface area contributed by atoms with Crippen LogP contribution >= 0.6 is 27.5 Å². The molecule has 2 rings (SSSR count). The highest BCUT2D eigenvalue weighted by Crippen LogP contribution is 2.32. The van der Waals surface area contributed by atoms with E-state index in [2.05, 4.69) is 21.2 Å². The normalized spacial score (nSPS) is 10.4. The van der Waals surface area contributed by atoms with E-state index < -0.39 is 29.8 Å². The van der Waals surface area contributed by atoms with Gasteiger partial charge in [-0.1, -0.05) is 33.6 Å². The van der Waals surface area contributed by atoms with Crippen molar-refractivity contribution in [3.63, 3.8) is 0 Å². The Hall–Kier alpha value is -1.66. The van der Waals surface area contributed by atoms with Gasteiger partial charge in [0.1, 0.15) is 23.1 Å². The highest BCUT2D eigenvalue weighted by atomic mass is 79.9. The number of hydrogen-bond acceptors (Lipinski definition) is 2. The maximum Gasteiger partial charge on any atom is 0.262 e. The second kappa shape index (κ2) is 7.07. The van der Waals surface area contributed by atoms with Crippen LogP contribution in [-0.4, -0.2) is 12.5 Å². The Labute approximate surface area is 139 Å². The fourth-order valence-electron chi connectivity index (χ4n) is 1.80. The third-order valence-electron chi connectivity index (χ3n) is 2.77. The molecule has 0 heterocycles. The zero-order chi connectivity index (χ0) is 16.3. The van der Waals surface area contributed by atoms with Gasteiger partial charge in [-0.3, -0.25) is 4.79 Å². The van der Waals surface area contributed by atoms with Gasteiger partial charge in [0.25, 0.3) is 5.91 Å². The molecule has 2 aromatic rings. The minimum atomic E-state index is -0.855. The molecule has 0 aliphatic carbocycles. The zero-order valence-electron chi connectivity index (χ0n) is 11.4. The molecule has 0 saturated heterocycles. The van der Waals surface area contributed by atoms with Crippen molar-refractivity contribution >= 4 is 39.1 Å². The van der Waals surface area contributed by atoms with Crippen molar-refractivity contribution in [3.05, 3.63) is 57.0 Å². The van der Waals surface area contributed by atoms with Crippen LogP contribution in [-0.2, 0) is 4.79 Å². The lowest BCUT2D eigenvalue weighted by atomic mass is 10.2. The van der Waals surface area contributed by atoms with E-state index in [0.29, 0.717) is 10.8 Å². The van der Waals surface area contributed by atoms with E-state index in [0.717, 1.165) is 22.2 Å². The van der Waals surface area contributed by atoms with Crippen LogP contribution in [0.25, 0.3) is 0 Å². The number of halogens is 4. The summed E-state index contributed by atoms with van der Waals surface area (Å²) in [5, 5.41) is 2.46. The molecule has 0 aliphatic heterocycles. The van der Waals surface area contributed by atoms with E-state index >= 15 is 0 Å². The summed E-state index contributed by atoms with van der Waals surface area (Å²) in [4.78, 5) is 11.8. The quantitative estimate of drug-likeness (QED) is 0.821. The number of para-hydroxylation sites is 1. The summed E-state index contributed by atoms with van der Waals surface area (Å²) in [5.41, 5.74) is 0.221. The van der Waals surface area contributed by atoms with Gasteiger partial charge >= 0.3 is 0 Å². The number of nitrogens with one attached hydrogen (secondary N) is 1. The Balaban J connectivity index is 2.05. The van der Waals surface area contributed by atoms with Gasteiger partial charge in [0.05, 0.1) is 5.02 Å². The number of hydrogen-bond donors (Lipinski definition) is 1. The SMILES string of the molecule is Cc1cc(Br)cc(Cl)c1OCC(=O)Nc1c(F)cccc1F. The van der Waals surface area contributed by atoms with Gasteiger partial charge in [-0.25, -0.2) is 8.78 Å². The molecule has 0 bridgehead atoms. The van der Waals surface area contributed by atoms with Crippen molar-refractivity contribution in [1.82, 2.24) is 0 Å². The Kier molecular flexibility index (Phi) is 5.37. The summed E-state index contributed by atoms with van der Waals surface area (Å²) in [5.74, 6) is -2.06. The molecule has 0 atom stereocenters. The van der Waals surface area contributed by atoms with E-state index in [4.69, 9.17) is 16.3 Å². The molecule has 0 fully saturated rings. The Morgan fingerprint density at radius 3 is 2.55 bits per heavy atom. The van der Waals surface area contributed by atoms with Gasteiger partial charge in [-0.05, 0) is 36.8 Å². The zero-order valence-corrected chi connectivity index (χ0v) is 13.8. The molecule has 0 unspecified atom stereocenters. The molecular weight excluding hydrogens is 380 g/mol. The predicted octanol–water partition coefficient (Wildman–Crippen LogP) is 4.71. The van der Waals surface area contributed by atoms with Crippen molar-refractivity contribution in [2.45, 2.75) is 6.92 Å². The second-order valence-corrected chi connectivity index (χ2v) is 5.79. The Bertz CT molecular complexity index is 681. The smallest absolute Gasteiger partial charge is 0.262 e. The standard InChI is InChI=1S/C15H11BrClF2NO2/c1-8-5-9(16)6-10(17)15(8)22-7-13(21)20-14-11(18)3-2-4-12(14)19/h2-6H,7H2,1H3,(H,20,21). The van der Waals surface area contributed by atoms with Crippen LogP contribution < -0.4 is 10.1 Å². The largest absolute Gasteiger partial charge is 0.482 e. The molecular formula is C15H11BrClF2NO2. The minimum Gasteiger partial charge on any atom is -0.482 e. The fraction of sp³-hybridized carbons (Fsp3) is 0.133. The molecule has 0 saturated carbocycles. The number of ether oxygens (including phenoxy) is 1. The molecule has 1 amide bonds. The first-order chi connectivity index (χ1) is 10.4. The van der Waals surface area contributed by atoms with E-state index in [9.17, 15) is 13.6 Å². The molecule has 116 valence electrons. The predicted molar refractivity (Wildman–Crippen MR) is 84.4 cm³/mol. The summed E-state index contributed by atoms with van der Waals surface area (Å²) in [7, 11) is 0. The highest BCUT2D eigenvalue weighted by molar-refractivity contribution is 9.10. The third kappa shape index (κ3) is 3.96. The maximum atomic E-state index is 13.4. The summed E-state index contributed by atoms with van der Waals surface area (Å²) in [6.45, 7) is 1.34. The van der Waals surface area contributed by atoms with Gasteiger partial charge in [0.2, 0.25) is 0 Å². The first-order valence-electron chi connectivity index (χ1n) is 6.21. The molecule has 7 heteroatoms. The van der Waals surface area contributed by atoms with Gasteiger partial charge in [-0.2, -0.15) is 0 Å². The van der Waals surface area contributed by atoms with Gasteiger partial charge in [-0.15, -0.1) is 0 Å². The van der Waals surface area contributed by atoms with Crippen molar-refractivity contribution in [1.29, 1.82) is 0 Å². The lowest BCUT2D eigenvalue weighted by Crippen LogP contribution is -2.21. The number of anilines is 1. The highest BCUT2D eigenvalue weighted by Gasteiger charge is 2.14. The summed E-state index contributed by atoms with van der Waals surface area (Å²) in [6.07, 6.45) is 0. The maximum absolute atomic E-state index is 13.4. The molecule has 0 spiro atoms. The molecule has 3 nitrogen and oxygen atoms in total. The van der Waals surface area contributed by atoms with Crippen LogP contribution in [0.5, 0.6) is 5.75 Å². The van der Waals surface area contributed by atoms with Crippen molar-refractivity contribution in [2.24, 2.45) is 0 Å². The topological polar surface area (TPSA) is 38.3 Å². The van der Waals surface area contributed by atoms with Gasteiger partial charge in [0, 0.05) is 4.47 Å². The molecule has 0 aliphatic rings. The van der Waals surface area contributed by atoms with E-state index in [1.807, 2.05) is 0 Å². The second-order valence-electron chi connectivity index (χ2n) is 4.47. The van der Waals surface area contributed by atoms with Crippen LogP contribution in [0.2, 0.25) is 5.02 Å². The number of rotatable bonds is 4. The number of carbonyl (C=O) groups excluding carboxylic acids is 1. The summed E-state index contributed by atoms with van der Waals surface area (Å²) in [6, 6.07) is 6.71. The number of carbonyl (C=O) groups is 1. The fourth-order valence-corrected chi connectivity index (χ4v) is 2.83. The molecule has 2 aromatic carbocycles. The third-order valence-corrected chi connectivity index (χ3v) is 3.51. The summed E-state index contributed by atoms with van der Waals surface area (Å²) < 4.78 is 33.0. The van der Waals surface area contributed by atoms with Gasteiger partial charge < -0.3 is 10.1 Å². The van der Waals surface area contributed by atoms with Crippen LogP contribution in [0.15, 0.2) is 34.8 Å². The number of amides is 1. The number of benzene rings is 2. The Morgan fingerprint density at radius 1 is 1.32 bits per heavy atom. The average molecular weight is 391 g/mol. The molecule has 0 aromatic heterocycles. The average Bonchev–Trinajstić information content (AvgIpc) is 2.42. The van der Waals surface area contributed by atoms with Crippen molar-refractivity contribution in [2.75, 3.05) is 11.9 Å². The lowest BCUT2D eigenvalue weighted by Gasteiger charge is -2.12. The summed E-state index contributed by atoms with van der Waals surface area (Å²) >= 11 is 9.31.